The summed E-state index contributed by atoms with van der Waals surface area (Å²) < 4.78 is 0. The van der Waals surface area contributed by atoms with Gasteiger partial charge in [0.25, 0.3) is 0 Å². The molecular formula is C4H12O9. The minimum Gasteiger partial charge on any atom is -0.479 e. The van der Waals surface area contributed by atoms with E-state index >= 15 is 0 Å². The van der Waals surface area contributed by atoms with Gasteiger partial charge in [-0.3, -0.25) is 0 Å². The van der Waals surface area contributed by atoms with Crippen LogP contribution in [0.15, 0.2) is 0 Å². The molecule has 0 aliphatic heterocycles. The van der Waals surface area contributed by atoms with Crippen molar-refractivity contribution < 1.29 is 46.4 Å². The maximum Gasteiger partial charge on any atom is 0.335 e. The Hall–Kier alpha value is -1.26. The highest BCUT2D eigenvalue weighted by Crippen LogP contribution is 1.92. The summed E-state index contributed by atoms with van der Waals surface area (Å²) in [6, 6.07) is 0. The normalized spacial score (nSPS) is 12.2. The Morgan fingerprint density at radius 3 is 1.00 bits per heavy atom. The molecule has 0 fully saturated rings. The van der Waals surface area contributed by atoms with Gasteiger partial charge in [0.1, 0.15) is 0 Å². The van der Waals surface area contributed by atoms with E-state index in [0.717, 1.165) is 0 Å². The van der Waals surface area contributed by atoms with Crippen LogP contribution in [0.4, 0.5) is 0 Å². The highest BCUT2D eigenvalue weighted by atomic mass is 16.4. The number of carboxylic acid groups (broad SMARTS) is 2. The highest BCUT2D eigenvalue weighted by Gasteiger charge is 2.29. The molecule has 0 spiro atoms. The minimum atomic E-state index is -2.27. The lowest BCUT2D eigenvalue weighted by Gasteiger charge is -2.07. The Labute approximate surface area is 71.8 Å². The fraction of sp³-hybridized carbons (Fsp3) is 0.500. The molecule has 9 heteroatoms. The van der Waals surface area contributed by atoms with Crippen molar-refractivity contribution in [1.82, 2.24) is 0 Å². The minimum absolute atomic E-state index is 0. The average Bonchev–Trinajstić information content (AvgIpc) is 1.84. The van der Waals surface area contributed by atoms with Gasteiger partial charge >= 0.3 is 11.9 Å². The van der Waals surface area contributed by atoms with Gasteiger partial charge in [0, 0.05) is 0 Å². The van der Waals surface area contributed by atoms with Crippen LogP contribution in [0.3, 0.4) is 0 Å². The van der Waals surface area contributed by atoms with Crippen LogP contribution in [0.1, 0.15) is 0 Å². The SMILES string of the molecule is O.O.O.O=C(O)C(O)C(O)C(=O)O. The van der Waals surface area contributed by atoms with Crippen molar-refractivity contribution in [2.75, 3.05) is 0 Å². The third-order valence-electron chi connectivity index (χ3n) is 0.805. The van der Waals surface area contributed by atoms with E-state index in [9.17, 15) is 9.59 Å². The molecule has 0 aliphatic carbocycles. The number of hydrogen-bond acceptors (Lipinski definition) is 4. The van der Waals surface area contributed by atoms with Crippen molar-refractivity contribution >= 4 is 11.9 Å². The lowest BCUT2D eigenvalue weighted by atomic mass is 10.2. The van der Waals surface area contributed by atoms with Crippen LogP contribution < -0.4 is 0 Å². The van der Waals surface area contributed by atoms with Gasteiger partial charge in [-0.15, -0.1) is 0 Å². The number of carboxylic acids is 2. The number of aliphatic hydroxyl groups is 2. The van der Waals surface area contributed by atoms with Gasteiger partial charge in [0.05, 0.1) is 0 Å². The molecule has 9 nitrogen and oxygen atoms in total. The molecule has 0 radical (unpaired) electrons. The Balaban J connectivity index is -0.000000135. The Bertz CT molecular complexity index is 136. The molecular weight excluding hydrogens is 192 g/mol. The first-order valence-electron chi connectivity index (χ1n) is 2.28. The fourth-order valence-electron chi connectivity index (χ4n) is 0.270. The van der Waals surface area contributed by atoms with E-state index in [1.54, 1.807) is 0 Å². The van der Waals surface area contributed by atoms with E-state index in [4.69, 9.17) is 20.4 Å². The summed E-state index contributed by atoms with van der Waals surface area (Å²) in [5.41, 5.74) is 0. The maximum atomic E-state index is 9.77. The largest absolute Gasteiger partial charge is 0.479 e. The van der Waals surface area contributed by atoms with E-state index in [-0.39, 0.29) is 16.4 Å². The molecule has 10 N–H and O–H groups in total. The quantitative estimate of drug-likeness (QED) is 0.354. The second-order valence-corrected chi connectivity index (χ2v) is 1.57. The predicted molar refractivity (Wildman–Crippen MR) is 38.1 cm³/mol. The second kappa shape index (κ2) is 8.83. The summed E-state index contributed by atoms with van der Waals surface area (Å²) >= 11 is 0. The van der Waals surface area contributed by atoms with Crippen molar-refractivity contribution in [2.24, 2.45) is 0 Å². The zero-order chi connectivity index (χ0) is 8.31. The van der Waals surface area contributed by atoms with Gasteiger partial charge < -0.3 is 36.9 Å². The van der Waals surface area contributed by atoms with Gasteiger partial charge in [-0.05, 0) is 0 Å². The third-order valence-corrected chi connectivity index (χ3v) is 0.805. The summed E-state index contributed by atoms with van der Waals surface area (Å²) in [5, 5.41) is 32.5. The molecule has 0 bridgehead atoms. The van der Waals surface area contributed by atoms with Crippen molar-refractivity contribution in [3.63, 3.8) is 0 Å². The van der Waals surface area contributed by atoms with Crippen LogP contribution in [0.2, 0.25) is 0 Å². The van der Waals surface area contributed by atoms with E-state index in [1.807, 2.05) is 0 Å². The van der Waals surface area contributed by atoms with E-state index in [2.05, 4.69) is 0 Å². The topological polar surface area (TPSA) is 210 Å². The van der Waals surface area contributed by atoms with E-state index < -0.39 is 24.1 Å². The molecule has 13 heavy (non-hydrogen) atoms. The fourth-order valence-corrected chi connectivity index (χ4v) is 0.270. The standard InChI is InChI=1S/C4H6O6.3H2O/c5-1(3(7)8)2(6)4(9)10;;;/h1-2,5-6H,(H,7,8)(H,9,10);3*1H2. The third kappa shape index (κ3) is 7.11. The van der Waals surface area contributed by atoms with Gasteiger partial charge in [-0.25, -0.2) is 9.59 Å². The lowest BCUT2D eigenvalue weighted by molar-refractivity contribution is -0.165. The zero-order valence-corrected chi connectivity index (χ0v) is 6.26. The Kier molecular flexibility index (Phi) is 15.4. The van der Waals surface area contributed by atoms with Crippen LogP contribution >= 0.6 is 0 Å². The molecule has 0 saturated carbocycles. The first-order valence-corrected chi connectivity index (χ1v) is 2.28. The zero-order valence-electron chi connectivity index (χ0n) is 6.26. The number of aliphatic carboxylic acids is 2. The smallest absolute Gasteiger partial charge is 0.335 e. The molecule has 2 unspecified atom stereocenters. The summed E-state index contributed by atoms with van der Waals surface area (Å²) in [7, 11) is 0. The number of aliphatic hydroxyl groups excluding tert-OH is 2. The molecule has 0 aliphatic rings. The van der Waals surface area contributed by atoms with Crippen LogP contribution in [0.5, 0.6) is 0 Å². The van der Waals surface area contributed by atoms with E-state index in [1.165, 1.54) is 0 Å². The summed E-state index contributed by atoms with van der Waals surface area (Å²) in [4.78, 5) is 19.5. The Morgan fingerprint density at radius 2 is 0.923 bits per heavy atom. The highest BCUT2D eigenvalue weighted by molar-refractivity contribution is 5.82. The Morgan fingerprint density at radius 1 is 0.769 bits per heavy atom. The van der Waals surface area contributed by atoms with Crippen molar-refractivity contribution in [3.05, 3.63) is 0 Å². The van der Waals surface area contributed by atoms with Gasteiger partial charge in [0.15, 0.2) is 12.2 Å². The average molecular weight is 204 g/mol. The van der Waals surface area contributed by atoms with Gasteiger partial charge in [-0.1, -0.05) is 0 Å². The van der Waals surface area contributed by atoms with Crippen molar-refractivity contribution in [2.45, 2.75) is 12.2 Å². The van der Waals surface area contributed by atoms with Crippen LogP contribution in [-0.2, 0) is 9.59 Å². The molecule has 82 valence electrons. The first kappa shape index (κ1) is 22.6. The molecule has 0 heterocycles. The maximum absolute atomic E-state index is 9.77. The van der Waals surface area contributed by atoms with Crippen molar-refractivity contribution in [1.29, 1.82) is 0 Å². The van der Waals surface area contributed by atoms with Gasteiger partial charge in [-0.2, -0.15) is 0 Å². The predicted octanol–water partition coefficient (Wildman–Crippen LogP) is -4.60. The molecule has 0 saturated heterocycles. The summed E-state index contributed by atoms with van der Waals surface area (Å²) in [6.07, 6.45) is -4.53. The number of hydrogen-bond donors (Lipinski definition) is 4. The van der Waals surface area contributed by atoms with Crippen LogP contribution in [0, 0.1) is 0 Å². The van der Waals surface area contributed by atoms with Crippen LogP contribution in [-0.4, -0.2) is 61.0 Å². The number of rotatable bonds is 3. The molecule has 0 aromatic carbocycles. The van der Waals surface area contributed by atoms with E-state index in [0.29, 0.717) is 0 Å². The summed E-state index contributed by atoms with van der Waals surface area (Å²) in [5.74, 6) is -3.54. The monoisotopic (exact) mass is 204 g/mol. The molecule has 2 atom stereocenters. The lowest BCUT2D eigenvalue weighted by Crippen LogP contribution is -2.39. The number of carbonyl (C=O) groups is 2. The molecule has 0 rings (SSSR count). The first-order chi connectivity index (χ1) is 4.46. The molecule has 0 aromatic rings. The van der Waals surface area contributed by atoms with Crippen LogP contribution in [0.25, 0.3) is 0 Å². The molecule has 0 amide bonds. The molecule has 0 aromatic heterocycles. The van der Waals surface area contributed by atoms with Gasteiger partial charge in [0.2, 0.25) is 0 Å². The summed E-state index contributed by atoms with van der Waals surface area (Å²) in [6.45, 7) is 0. The second-order valence-electron chi connectivity index (χ2n) is 1.57. The van der Waals surface area contributed by atoms with Crippen molar-refractivity contribution in [3.8, 4) is 0 Å².